The number of rotatable bonds is 5. The maximum atomic E-state index is 12.5. The van der Waals surface area contributed by atoms with Gasteiger partial charge in [0.15, 0.2) is 0 Å². The second-order valence-corrected chi connectivity index (χ2v) is 5.42. The Hall–Kier alpha value is 1.49. The van der Waals surface area contributed by atoms with E-state index in [-0.39, 0.29) is 56.8 Å². The van der Waals surface area contributed by atoms with Gasteiger partial charge in [-0.1, -0.05) is 50.8 Å². The van der Waals surface area contributed by atoms with Crippen LogP contribution in [0.4, 0.5) is 12.9 Å². The summed E-state index contributed by atoms with van der Waals surface area (Å²) >= 11 is 0. The Bertz CT molecular complexity index is 220. The summed E-state index contributed by atoms with van der Waals surface area (Å²) in [6.07, 6.45) is 5.84. The molecular formula is C10H17BF3K. The predicted molar refractivity (Wildman–Crippen MR) is 52.2 cm³/mol. The molecule has 0 heterocycles. The fraction of sp³-hybridized carbons (Fsp3) is 1.00. The van der Waals surface area contributed by atoms with Gasteiger partial charge in [0.2, 0.25) is 0 Å². The zero-order chi connectivity index (χ0) is 10.4. The smallest absolute Gasteiger partial charge is 0.449 e. The van der Waals surface area contributed by atoms with Crippen molar-refractivity contribution in [1.29, 1.82) is 0 Å². The van der Waals surface area contributed by atoms with E-state index in [0.717, 1.165) is 19.3 Å². The van der Waals surface area contributed by atoms with Gasteiger partial charge in [0.05, 0.1) is 0 Å². The van der Waals surface area contributed by atoms with Gasteiger partial charge in [-0.05, 0) is 11.8 Å². The van der Waals surface area contributed by atoms with Crippen LogP contribution in [-0.2, 0) is 0 Å². The molecule has 0 aliphatic heterocycles. The average molecular weight is 244 g/mol. The minimum Gasteiger partial charge on any atom is -0.449 e. The fourth-order valence-corrected chi connectivity index (χ4v) is 3.45. The van der Waals surface area contributed by atoms with Crippen LogP contribution >= 0.6 is 0 Å². The zero-order valence-corrected chi connectivity index (χ0v) is 12.8. The van der Waals surface area contributed by atoms with Crippen LogP contribution in [0.5, 0.6) is 0 Å². The van der Waals surface area contributed by atoms with Crippen molar-refractivity contribution in [2.24, 2.45) is 5.41 Å². The molecule has 3 rings (SSSR count). The standard InChI is InChI=1S/C10H17BF3.K/c1-2-3-4-5-9-6-10(7-9,8-9)11(12,13)14;/h2-8H2,1H3;/q-1;+1. The molecule has 3 aliphatic rings. The number of unbranched alkanes of at least 4 members (excludes halogenated alkanes) is 2. The maximum Gasteiger partial charge on any atom is 1.00 e. The third-order valence-electron chi connectivity index (χ3n) is 4.19. The third-order valence-corrected chi connectivity index (χ3v) is 4.19. The van der Waals surface area contributed by atoms with E-state index in [1.54, 1.807) is 0 Å². The summed E-state index contributed by atoms with van der Waals surface area (Å²) in [5.74, 6) is 0. The summed E-state index contributed by atoms with van der Waals surface area (Å²) in [6.45, 7) is -2.43. The van der Waals surface area contributed by atoms with Crippen LogP contribution in [0.3, 0.4) is 0 Å². The average Bonchev–Trinajstić information content (AvgIpc) is 1.88. The zero-order valence-electron chi connectivity index (χ0n) is 9.66. The second kappa shape index (κ2) is 4.64. The molecule has 0 aromatic carbocycles. The fourth-order valence-electron chi connectivity index (χ4n) is 3.45. The van der Waals surface area contributed by atoms with E-state index in [0.29, 0.717) is 19.3 Å². The Balaban J connectivity index is 0.00000112. The van der Waals surface area contributed by atoms with Crippen LogP contribution in [0.1, 0.15) is 51.9 Å². The van der Waals surface area contributed by atoms with Gasteiger partial charge in [-0.3, -0.25) is 0 Å². The van der Waals surface area contributed by atoms with Gasteiger partial charge in [0.1, 0.15) is 0 Å². The molecule has 0 aromatic rings. The minimum absolute atomic E-state index is 0. The first-order valence-electron chi connectivity index (χ1n) is 5.63. The van der Waals surface area contributed by atoms with Gasteiger partial charge in [-0.15, -0.1) is 0 Å². The van der Waals surface area contributed by atoms with E-state index in [4.69, 9.17) is 0 Å². The molecule has 0 saturated heterocycles. The van der Waals surface area contributed by atoms with Gasteiger partial charge in [0.25, 0.3) is 0 Å². The van der Waals surface area contributed by atoms with Crippen LogP contribution in [-0.4, -0.2) is 6.98 Å². The van der Waals surface area contributed by atoms with Crippen molar-refractivity contribution >= 4 is 6.98 Å². The van der Waals surface area contributed by atoms with Crippen molar-refractivity contribution in [3.8, 4) is 0 Å². The van der Waals surface area contributed by atoms with Crippen molar-refractivity contribution in [2.45, 2.75) is 57.2 Å². The molecule has 3 aliphatic carbocycles. The van der Waals surface area contributed by atoms with Crippen molar-refractivity contribution in [3.05, 3.63) is 0 Å². The molecule has 0 spiro atoms. The van der Waals surface area contributed by atoms with E-state index >= 15 is 0 Å². The Kier molecular flexibility index (Phi) is 4.50. The summed E-state index contributed by atoms with van der Waals surface area (Å²) in [4.78, 5) is 0. The summed E-state index contributed by atoms with van der Waals surface area (Å²) in [7, 11) is 0. The maximum absolute atomic E-state index is 12.5. The van der Waals surface area contributed by atoms with Crippen LogP contribution in [0.15, 0.2) is 0 Å². The molecule has 0 radical (unpaired) electrons. The van der Waals surface area contributed by atoms with Crippen molar-refractivity contribution in [2.75, 3.05) is 0 Å². The van der Waals surface area contributed by atoms with Gasteiger partial charge < -0.3 is 12.9 Å². The third kappa shape index (κ3) is 2.37. The largest absolute Gasteiger partial charge is 1.00 e. The molecule has 5 heteroatoms. The summed E-state index contributed by atoms with van der Waals surface area (Å²) < 4.78 is 37.6. The minimum atomic E-state index is -4.56. The van der Waals surface area contributed by atoms with Crippen LogP contribution in [0.2, 0.25) is 5.31 Å². The van der Waals surface area contributed by atoms with Gasteiger partial charge in [-0.25, -0.2) is 0 Å². The van der Waals surface area contributed by atoms with Crippen molar-refractivity contribution in [3.63, 3.8) is 0 Å². The number of halogens is 3. The first-order chi connectivity index (χ1) is 6.43. The molecule has 0 N–H and O–H groups in total. The molecule has 15 heavy (non-hydrogen) atoms. The van der Waals surface area contributed by atoms with E-state index in [9.17, 15) is 12.9 Å². The monoisotopic (exact) mass is 244 g/mol. The van der Waals surface area contributed by atoms with E-state index in [2.05, 4.69) is 6.92 Å². The Morgan fingerprint density at radius 1 is 1.07 bits per heavy atom. The molecular weight excluding hydrogens is 227 g/mol. The second-order valence-electron chi connectivity index (χ2n) is 5.42. The number of hydrogen-bond donors (Lipinski definition) is 0. The quantitative estimate of drug-likeness (QED) is 0.505. The molecule has 3 fully saturated rings. The van der Waals surface area contributed by atoms with Gasteiger partial charge in [0, 0.05) is 0 Å². The van der Waals surface area contributed by atoms with Crippen molar-refractivity contribution in [1.82, 2.24) is 0 Å². The molecule has 0 amide bonds. The van der Waals surface area contributed by atoms with Crippen molar-refractivity contribution < 1.29 is 64.3 Å². The first-order valence-corrected chi connectivity index (χ1v) is 5.63. The molecule has 0 nitrogen and oxygen atoms in total. The van der Waals surface area contributed by atoms with Gasteiger partial charge >= 0.3 is 58.4 Å². The van der Waals surface area contributed by atoms with Crippen LogP contribution < -0.4 is 51.4 Å². The first kappa shape index (κ1) is 14.6. The molecule has 0 unspecified atom stereocenters. The van der Waals surface area contributed by atoms with Gasteiger partial charge in [-0.2, -0.15) is 0 Å². The van der Waals surface area contributed by atoms with E-state index < -0.39 is 12.3 Å². The summed E-state index contributed by atoms with van der Waals surface area (Å²) in [6, 6.07) is 0. The molecule has 0 atom stereocenters. The predicted octanol–water partition coefficient (Wildman–Crippen LogP) is 1.34. The topological polar surface area (TPSA) is 0 Å². The van der Waals surface area contributed by atoms with Crippen LogP contribution in [0, 0.1) is 5.41 Å². The SMILES string of the molecule is CCCCCC12CC([B-](F)(F)F)(C1)C2.[K+]. The number of hydrogen-bond acceptors (Lipinski definition) is 0. The molecule has 82 valence electrons. The normalized spacial score (nSPS) is 37.6. The Labute approximate surface area is 132 Å². The van der Waals surface area contributed by atoms with E-state index in [1.807, 2.05) is 0 Å². The summed E-state index contributed by atoms with van der Waals surface area (Å²) in [5, 5.41) is -1.17. The molecule has 2 bridgehead atoms. The van der Waals surface area contributed by atoms with E-state index in [1.165, 1.54) is 6.42 Å². The summed E-state index contributed by atoms with van der Waals surface area (Å²) in [5.41, 5.74) is 0.131. The Morgan fingerprint density at radius 2 is 1.60 bits per heavy atom. The molecule has 0 aromatic heterocycles. The molecule has 3 saturated carbocycles. The Morgan fingerprint density at radius 3 is 2.00 bits per heavy atom. The van der Waals surface area contributed by atoms with Crippen LogP contribution in [0.25, 0.3) is 0 Å².